The predicted molar refractivity (Wildman–Crippen MR) is 136 cm³/mol. The summed E-state index contributed by atoms with van der Waals surface area (Å²) in [6, 6.07) is 17.7. The number of ether oxygens (including phenoxy) is 2. The summed E-state index contributed by atoms with van der Waals surface area (Å²) in [4.78, 5) is 37.2. The molecule has 3 aromatic carbocycles. The molecule has 0 bridgehead atoms. The molecule has 0 saturated carbocycles. The van der Waals surface area contributed by atoms with Crippen molar-refractivity contribution in [3.63, 3.8) is 0 Å². The number of benzene rings is 3. The quantitative estimate of drug-likeness (QED) is 0.183. The minimum absolute atomic E-state index is 0.0918. The molecule has 1 N–H and O–H groups in total. The fourth-order valence-corrected chi connectivity index (χ4v) is 3.68. The van der Waals surface area contributed by atoms with Crippen LogP contribution in [-0.2, 0) is 14.3 Å². The average Bonchev–Trinajstić information content (AvgIpc) is 2.86. The smallest absolute Gasteiger partial charge is 0.307 e. The van der Waals surface area contributed by atoms with E-state index in [1.165, 1.54) is 12.1 Å². The van der Waals surface area contributed by atoms with E-state index >= 15 is 0 Å². The van der Waals surface area contributed by atoms with Crippen molar-refractivity contribution in [1.29, 1.82) is 0 Å². The Morgan fingerprint density at radius 2 is 1.56 bits per heavy atom. The van der Waals surface area contributed by atoms with Gasteiger partial charge in [-0.15, -0.1) is 11.6 Å². The van der Waals surface area contributed by atoms with Gasteiger partial charge in [0.2, 0.25) is 11.7 Å². The molecular weight excluding hydrogens is 485 g/mol. The van der Waals surface area contributed by atoms with Gasteiger partial charge in [0, 0.05) is 30.0 Å². The summed E-state index contributed by atoms with van der Waals surface area (Å²) in [5, 5.41) is 2.72. The maximum absolute atomic E-state index is 13.1. The number of halogens is 2. The minimum Gasteiger partial charge on any atom is -0.457 e. The Kier molecular flexibility index (Phi) is 9.59. The van der Waals surface area contributed by atoms with E-state index in [2.05, 4.69) is 5.32 Å². The lowest BCUT2D eigenvalue weighted by Crippen LogP contribution is -2.28. The lowest BCUT2D eigenvalue weighted by molar-refractivity contribution is -0.148. The Hall–Kier alpha value is -3.71. The van der Waals surface area contributed by atoms with E-state index < -0.39 is 23.7 Å². The first-order chi connectivity index (χ1) is 17.3. The van der Waals surface area contributed by atoms with E-state index in [9.17, 15) is 18.8 Å². The molecule has 36 heavy (non-hydrogen) atoms. The molecule has 0 aliphatic carbocycles. The Bertz CT molecular complexity index is 1190. The number of Topliss-reactive ketones (excluding diaryl/α,β-unsaturated/α-hetero) is 1. The molecule has 3 rings (SSSR count). The lowest BCUT2D eigenvalue weighted by atomic mass is 10.0. The van der Waals surface area contributed by atoms with Gasteiger partial charge in [-0.1, -0.05) is 18.2 Å². The number of nitrogens with one attached hydrogen (secondary N) is 1. The summed E-state index contributed by atoms with van der Waals surface area (Å²) in [5.74, 6) is -0.525. The highest BCUT2D eigenvalue weighted by Gasteiger charge is 2.24. The van der Waals surface area contributed by atoms with Crippen molar-refractivity contribution < 1.29 is 28.2 Å². The number of alkyl halides is 1. The second-order valence-electron chi connectivity index (χ2n) is 8.22. The Morgan fingerprint density at radius 3 is 2.17 bits per heavy atom. The highest BCUT2D eigenvalue weighted by molar-refractivity contribution is 6.18. The van der Waals surface area contributed by atoms with Crippen molar-refractivity contribution in [2.45, 2.75) is 39.2 Å². The monoisotopic (exact) mass is 511 g/mol. The second kappa shape index (κ2) is 12.8. The van der Waals surface area contributed by atoms with Crippen LogP contribution in [0.15, 0.2) is 66.7 Å². The topological polar surface area (TPSA) is 81.7 Å². The Morgan fingerprint density at radius 1 is 0.917 bits per heavy atom. The molecule has 0 radical (unpaired) electrons. The van der Waals surface area contributed by atoms with E-state index in [4.69, 9.17) is 21.1 Å². The SMILES string of the molecule is Cc1cccc(C)c1Oc1ccc(NC(=O)CCC(=O)OC(CCCl)C(=O)c2ccc(F)cc2)cc1. The molecular formula is C28H27ClFNO5. The summed E-state index contributed by atoms with van der Waals surface area (Å²) in [5.41, 5.74) is 2.80. The fourth-order valence-electron chi connectivity index (χ4n) is 3.48. The molecule has 6 nitrogen and oxygen atoms in total. The average molecular weight is 512 g/mol. The molecule has 0 aromatic heterocycles. The molecule has 0 aliphatic rings. The van der Waals surface area contributed by atoms with Crippen molar-refractivity contribution in [2.24, 2.45) is 0 Å². The summed E-state index contributed by atoms with van der Waals surface area (Å²) >= 11 is 5.75. The molecule has 8 heteroatoms. The third-order valence-electron chi connectivity index (χ3n) is 5.39. The van der Waals surface area contributed by atoms with Crippen molar-refractivity contribution in [3.8, 4) is 11.5 Å². The number of esters is 1. The van der Waals surface area contributed by atoms with Crippen LogP contribution >= 0.6 is 11.6 Å². The number of amides is 1. The number of ketones is 1. The van der Waals surface area contributed by atoms with Crippen LogP contribution in [-0.4, -0.2) is 29.6 Å². The van der Waals surface area contributed by atoms with Crippen molar-refractivity contribution in [3.05, 3.63) is 89.2 Å². The predicted octanol–water partition coefficient (Wildman–Crippen LogP) is 6.38. The van der Waals surface area contributed by atoms with Gasteiger partial charge in [0.05, 0.1) is 6.42 Å². The normalized spacial score (nSPS) is 11.4. The van der Waals surface area contributed by atoms with Gasteiger partial charge in [0.15, 0.2) is 6.10 Å². The van der Waals surface area contributed by atoms with Crippen LogP contribution in [0.2, 0.25) is 0 Å². The van der Waals surface area contributed by atoms with Crippen LogP contribution in [0.4, 0.5) is 10.1 Å². The van der Waals surface area contributed by atoms with Crippen LogP contribution in [0.5, 0.6) is 11.5 Å². The van der Waals surface area contributed by atoms with Crippen LogP contribution in [0.1, 0.15) is 40.7 Å². The van der Waals surface area contributed by atoms with E-state index in [0.29, 0.717) is 11.4 Å². The second-order valence-corrected chi connectivity index (χ2v) is 8.60. The first kappa shape index (κ1) is 26.9. The zero-order valence-corrected chi connectivity index (χ0v) is 20.8. The molecule has 1 unspecified atom stereocenters. The molecule has 3 aromatic rings. The van der Waals surface area contributed by atoms with E-state index in [0.717, 1.165) is 29.0 Å². The third-order valence-corrected chi connectivity index (χ3v) is 5.61. The summed E-state index contributed by atoms with van der Waals surface area (Å²) in [6.45, 7) is 3.94. The van der Waals surface area contributed by atoms with E-state index in [1.54, 1.807) is 24.3 Å². The summed E-state index contributed by atoms with van der Waals surface area (Å²) in [7, 11) is 0. The number of rotatable bonds is 11. The van der Waals surface area contributed by atoms with Crippen LogP contribution < -0.4 is 10.1 Å². The first-order valence-electron chi connectivity index (χ1n) is 11.5. The number of anilines is 1. The largest absolute Gasteiger partial charge is 0.457 e. The van der Waals surface area contributed by atoms with Gasteiger partial charge in [-0.25, -0.2) is 4.39 Å². The van der Waals surface area contributed by atoms with Gasteiger partial charge in [-0.3, -0.25) is 14.4 Å². The van der Waals surface area contributed by atoms with Gasteiger partial charge in [-0.2, -0.15) is 0 Å². The van der Waals surface area contributed by atoms with Crippen molar-refractivity contribution >= 4 is 34.9 Å². The molecule has 0 heterocycles. The maximum Gasteiger partial charge on any atom is 0.307 e. The van der Waals surface area contributed by atoms with E-state index in [1.807, 2.05) is 32.0 Å². The minimum atomic E-state index is -1.10. The van der Waals surface area contributed by atoms with Gasteiger partial charge < -0.3 is 14.8 Å². The molecule has 1 amide bonds. The van der Waals surface area contributed by atoms with Crippen molar-refractivity contribution in [1.82, 2.24) is 0 Å². The number of aryl methyl sites for hydroxylation is 2. The maximum atomic E-state index is 13.1. The third kappa shape index (κ3) is 7.65. The van der Waals surface area contributed by atoms with Crippen LogP contribution in [0.25, 0.3) is 0 Å². The zero-order valence-electron chi connectivity index (χ0n) is 20.1. The molecule has 0 fully saturated rings. The Balaban J connectivity index is 1.49. The number of carbonyl (C=O) groups is 3. The fraction of sp³-hybridized carbons (Fsp3) is 0.250. The highest BCUT2D eigenvalue weighted by atomic mass is 35.5. The van der Waals surface area contributed by atoms with Crippen LogP contribution in [0.3, 0.4) is 0 Å². The molecule has 188 valence electrons. The highest BCUT2D eigenvalue weighted by Crippen LogP contribution is 2.29. The van der Waals surface area contributed by atoms with Gasteiger partial charge in [0.25, 0.3) is 0 Å². The first-order valence-corrected chi connectivity index (χ1v) is 12.0. The van der Waals surface area contributed by atoms with Crippen LogP contribution in [0, 0.1) is 19.7 Å². The summed E-state index contributed by atoms with van der Waals surface area (Å²) < 4.78 is 24.3. The van der Waals surface area contributed by atoms with Crippen molar-refractivity contribution in [2.75, 3.05) is 11.2 Å². The number of para-hydroxylation sites is 1. The molecule has 1 atom stereocenters. The van der Waals surface area contributed by atoms with Gasteiger partial charge in [-0.05, 0) is 73.5 Å². The molecule has 0 saturated heterocycles. The lowest BCUT2D eigenvalue weighted by Gasteiger charge is -2.16. The number of hydrogen-bond acceptors (Lipinski definition) is 5. The van der Waals surface area contributed by atoms with E-state index in [-0.39, 0.29) is 36.6 Å². The standard InChI is InChI=1S/C28H27ClFNO5/c1-18-4-3-5-19(2)28(18)35-23-12-10-22(11-13-23)31-25(32)14-15-26(33)36-24(16-17-29)27(34)20-6-8-21(30)9-7-20/h3-13,24H,14-17H2,1-2H3,(H,31,32). The zero-order chi connectivity index (χ0) is 26.1. The van der Waals surface area contributed by atoms with Gasteiger partial charge >= 0.3 is 5.97 Å². The number of hydrogen-bond donors (Lipinski definition) is 1. The molecule has 0 spiro atoms. The Labute approximate surface area is 214 Å². The van der Waals surface area contributed by atoms with Gasteiger partial charge in [0.1, 0.15) is 17.3 Å². The summed E-state index contributed by atoms with van der Waals surface area (Å²) in [6.07, 6.45) is -1.34. The molecule has 0 aliphatic heterocycles. The number of carbonyl (C=O) groups excluding carboxylic acids is 3.